The minimum absolute atomic E-state index is 0.0943. The molecule has 0 aliphatic heterocycles. The molecular weight excluding hydrogens is 369 g/mol. The first-order chi connectivity index (χ1) is 12.6. The molecule has 144 valence electrons. The lowest BCUT2D eigenvalue weighted by atomic mass is 9.97. The molecule has 2 N–H and O–H groups in total. The number of nitrogens with zero attached hydrogens (tertiary/aromatic N) is 1. The lowest BCUT2D eigenvalue weighted by Crippen LogP contribution is -2.26. The summed E-state index contributed by atoms with van der Waals surface area (Å²) in [6.45, 7) is 1.34. The van der Waals surface area contributed by atoms with Crippen LogP contribution in [-0.4, -0.2) is 23.8 Å². The van der Waals surface area contributed by atoms with E-state index in [1.54, 1.807) is 0 Å². The Hall–Kier alpha value is -3.30. The Kier molecular flexibility index (Phi) is 5.88. The van der Waals surface area contributed by atoms with E-state index in [1.165, 1.54) is 37.3 Å². The zero-order valence-corrected chi connectivity index (χ0v) is 14.0. The highest BCUT2D eigenvalue weighted by molar-refractivity contribution is 5.82. The molecule has 2 aromatic carbocycles. The van der Waals surface area contributed by atoms with Crippen molar-refractivity contribution >= 4 is 11.6 Å². The molecule has 27 heavy (non-hydrogen) atoms. The van der Waals surface area contributed by atoms with Crippen molar-refractivity contribution in [1.29, 1.82) is 0 Å². The molecule has 0 heterocycles. The van der Waals surface area contributed by atoms with Gasteiger partial charge in [-0.3, -0.25) is 14.9 Å². The van der Waals surface area contributed by atoms with Crippen molar-refractivity contribution in [2.45, 2.75) is 19.2 Å². The second-order valence-corrected chi connectivity index (χ2v) is 5.59. The number of carbonyl (C=O) groups excluding carboxylic acids is 1. The molecule has 0 radical (unpaired) electrons. The van der Waals surface area contributed by atoms with Gasteiger partial charge in [0.1, 0.15) is 18.1 Å². The molecule has 2 aromatic rings. The standard InChI is InChI=1S/C17H15F3N2O5/c1-10-8-11(2-7-15(10)22(24)25)14(16(21)23)9-26-12-3-5-13(6-4-12)27-17(18,19)20/h2-8,14H,9H2,1H3,(H2,21,23). The van der Waals surface area contributed by atoms with Gasteiger partial charge < -0.3 is 15.2 Å². The summed E-state index contributed by atoms with van der Waals surface area (Å²) in [6, 6.07) is 8.78. The number of alkyl halides is 3. The summed E-state index contributed by atoms with van der Waals surface area (Å²) in [4.78, 5) is 22.1. The number of nitrogens with two attached hydrogens (primary N) is 1. The average molecular weight is 384 g/mol. The van der Waals surface area contributed by atoms with Crippen LogP contribution < -0.4 is 15.2 Å². The van der Waals surface area contributed by atoms with Crippen molar-refractivity contribution in [2.24, 2.45) is 5.73 Å². The van der Waals surface area contributed by atoms with Crippen molar-refractivity contribution < 1.29 is 32.4 Å². The minimum Gasteiger partial charge on any atom is -0.492 e. The third-order valence-corrected chi connectivity index (χ3v) is 3.64. The number of ether oxygens (including phenoxy) is 2. The molecule has 7 nitrogen and oxygen atoms in total. The zero-order chi connectivity index (χ0) is 20.2. The second kappa shape index (κ2) is 7.94. The third-order valence-electron chi connectivity index (χ3n) is 3.64. The van der Waals surface area contributed by atoms with E-state index in [4.69, 9.17) is 10.5 Å². The molecular formula is C17H15F3N2O5. The highest BCUT2D eigenvalue weighted by atomic mass is 19.4. The Bertz CT molecular complexity index is 837. The quantitative estimate of drug-likeness (QED) is 0.582. The Morgan fingerprint density at radius 1 is 1.19 bits per heavy atom. The number of hydrogen-bond donors (Lipinski definition) is 1. The summed E-state index contributed by atoms with van der Waals surface area (Å²) in [6.07, 6.45) is -4.80. The Balaban J connectivity index is 2.10. The van der Waals surface area contributed by atoms with Crippen molar-refractivity contribution in [3.8, 4) is 11.5 Å². The first-order valence-electron chi connectivity index (χ1n) is 7.59. The highest BCUT2D eigenvalue weighted by Crippen LogP contribution is 2.27. The summed E-state index contributed by atoms with van der Waals surface area (Å²) < 4.78 is 45.6. The van der Waals surface area contributed by atoms with Crippen molar-refractivity contribution in [3.05, 3.63) is 63.7 Å². The molecule has 1 unspecified atom stereocenters. The summed E-state index contributed by atoms with van der Waals surface area (Å²) in [5, 5.41) is 10.9. The number of halogens is 3. The van der Waals surface area contributed by atoms with E-state index in [-0.39, 0.29) is 18.0 Å². The number of nitro benzene ring substituents is 1. The monoisotopic (exact) mass is 384 g/mol. The van der Waals surface area contributed by atoms with Crippen LogP contribution in [0.1, 0.15) is 17.0 Å². The predicted octanol–water partition coefficient (Wildman–Crippen LogP) is 3.45. The summed E-state index contributed by atoms with van der Waals surface area (Å²) in [7, 11) is 0. The number of amides is 1. The van der Waals surface area contributed by atoms with Gasteiger partial charge in [0.2, 0.25) is 5.91 Å². The number of hydrogen-bond acceptors (Lipinski definition) is 5. The van der Waals surface area contributed by atoms with E-state index in [0.29, 0.717) is 11.1 Å². The molecule has 1 amide bonds. The summed E-state index contributed by atoms with van der Waals surface area (Å²) in [5.74, 6) is -1.81. The number of aryl methyl sites for hydroxylation is 1. The largest absolute Gasteiger partial charge is 0.573 e. The molecule has 1 atom stereocenters. The van der Waals surface area contributed by atoms with Crippen LogP contribution >= 0.6 is 0 Å². The summed E-state index contributed by atoms with van der Waals surface area (Å²) in [5.41, 5.74) is 6.07. The van der Waals surface area contributed by atoms with Crippen molar-refractivity contribution in [3.63, 3.8) is 0 Å². The molecule has 0 aromatic heterocycles. The van der Waals surface area contributed by atoms with Crippen LogP contribution in [0.3, 0.4) is 0 Å². The molecule has 0 aliphatic rings. The van der Waals surface area contributed by atoms with Gasteiger partial charge in [-0.25, -0.2) is 0 Å². The minimum atomic E-state index is -4.80. The Morgan fingerprint density at radius 2 is 1.78 bits per heavy atom. The molecule has 0 saturated carbocycles. The van der Waals surface area contributed by atoms with Crippen molar-refractivity contribution in [2.75, 3.05) is 6.61 Å². The lowest BCUT2D eigenvalue weighted by molar-refractivity contribution is -0.385. The van der Waals surface area contributed by atoms with Crippen LogP contribution in [0.15, 0.2) is 42.5 Å². The van der Waals surface area contributed by atoms with Gasteiger partial charge in [0.25, 0.3) is 5.69 Å². The molecule has 2 rings (SSSR count). The molecule has 10 heteroatoms. The average Bonchev–Trinajstić information content (AvgIpc) is 2.54. The summed E-state index contributed by atoms with van der Waals surface area (Å²) >= 11 is 0. The topological polar surface area (TPSA) is 105 Å². The van der Waals surface area contributed by atoms with Crippen LogP contribution in [0, 0.1) is 17.0 Å². The van der Waals surface area contributed by atoms with Gasteiger partial charge in [-0.1, -0.05) is 6.07 Å². The van der Waals surface area contributed by atoms with Gasteiger partial charge in [0, 0.05) is 11.6 Å². The smallest absolute Gasteiger partial charge is 0.492 e. The number of benzene rings is 2. The molecule has 0 bridgehead atoms. The SMILES string of the molecule is Cc1cc(C(COc2ccc(OC(F)(F)F)cc2)C(N)=O)ccc1[N+](=O)[O-]. The van der Waals surface area contributed by atoms with E-state index < -0.39 is 28.9 Å². The van der Waals surface area contributed by atoms with Gasteiger partial charge in [0.15, 0.2) is 0 Å². The van der Waals surface area contributed by atoms with Crippen LogP contribution in [0.4, 0.5) is 18.9 Å². The van der Waals surface area contributed by atoms with E-state index in [2.05, 4.69) is 4.74 Å². The van der Waals surface area contributed by atoms with Gasteiger partial charge in [0.05, 0.1) is 10.8 Å². The predicted molar refractivity (Wildman–Crippen MR) is 88.4 cm³/mol. The second-order valence-electron chi connectivity index (χ2n) is 5.59. The molecule has 0 aliphatic carbocycles. The van der Waals surface area contributed by atoms with Crippen molar-refractivity contribution in [1.82, 2.24) is 0 Å². The number of nitro groups is 1. The van der Waals surface area contributed by atoms with Crippen LogP contribution in [0.2, 0.25) is 0 Å². The van der Waals surface area contributed by atoms with Crippen LogP contribution in [0.25, 0.3) is 0 Å². The van der Waals surface area contributed by atoms with Gasteiger partial charge in [-0.05, 0) is 42.8 Å². The Morgan fingerprint density at radius 3 is 2.26 bits per heavy atom. The fourth-order valence-electron chi connectivity index (χ4n) is 2.36. The van der Waals surface area contributed by atoms with Gasteiger partial charge in [-0.2, -0.15) is 0 Å². The zero-order valence-electron chi connectivity index (χ0n) is 14.0. The normalized spacial score (nSPS) is 12.3. The van der Waals surface area contributed by atoms with E-state index in [1.807, 2.05) is 0 Å². The number of primary amides is 1. The highest BCUT2D eigenvalue weighted by Gasteiger charge is 2.31. The van der Waals surface area contributed by atoms with E-state index in [0.717, 1.165) is 12.1 Å². The van der Waals surface area contributed by atoms with Gasteiger partial charge in [-0.15, -0.1) is 13.2 Å². The Labute approximate surface area is 151 Å². The maximum absolute atomic E-state index is 12.1. The number of rotatable bonds is 7. The van der Waals surface area contributed by atoms with Crippen LogP contribution in [0.5, 0.6) is 11.5 Å². The molecule has 0 saturated heterocycles. The van der Waals surface area contributed by atoms with Crippen LogP contribution in [-0.2, 0) is 4.79 Å². The fourth-order valence-corrected chi connectivity index (χ4v) is 2.36. The first kappa shape index (κ1) is 20.0. The first-order valence-corrected chi connectivity index (χ1v) is 7.59. The molecule has 0 fully saturated rings. The van der Waals surface area contributed by atoms with E-state index >= 15 is 0 Å². The number of carbonyl (C=O) groups is 1. The van der Waals surface area contributed by atoms with Gasteiger partial charge >= 0.3 is 6.36 Å². The maximum atomic E-state index is 12.1. The third kappa shape index (κ3) is 5.59. The molecule has 0 spiro atoms. The fraction of sp³-hybridized carbons (Fsp3) is 0.235. The lowest BCUT2D eigenvalue weighted by Gasteiger charge is -2.16. The van der Waals surface area contributed by atoms with E-state index in [9.17, 15) is 28.1 Å². The maximum Gasteiger partial charge on any atom is 0.573 e.